The zero-order chi connectivity index (χ0) is 13.9. The lowest BCUT2D eigenvalue weighted by Crippen LogP contribution is -1.92. The Balaban J connectivity index is 2.02. The second kappa shape index (κ2) is 5.53. The van der Waals surface area contributed by atoms with Crippen molar-refractivity contribution in [3.8, 4) is 6.07 Å². The molecule has 3 aromatic rings. The fourth-order valence-corrected chi connectivity index (χ4v) is 3.48. The summed E-state index contributed by atoms with van der Waals surface area (Å²) in [4.78, 5) is 5.80. The Morgan fingerprint density at radius 3 is 2.85 bits per heavy atom. The fourth-order valence-electron chi connectivity index (χ4n) is 1.95. The van der Waals surface area contributed by atoms with Gasteiger partial charge < -0.3 is 5.32 Å². The molecular formula is C15H11N3S2. The van der Waals surface area contributed by atoms with Crippen LogP contribution >= 0.6 is 23.1 Å². The Hall–Kier alpha value is -2.03. The van der Waals surface area contributed by atoms with E-state index >= 15 is 0 Å². The number of benzene rings is 2. The van der Waals surface area contributed by atoms with Crippen LogP contribution in [0.4, 0.5) is 10.8 Å². The molecule has 0 saturated carbocycles. The quantitative estimate of drug-likeness (QED) is 0.716. The average Bonchev–Trinajstić information content (AvgIpc) is 2.90. The highest BCUT2D eigenvalue weighted by Crippen LogP contribution is 2.33. The van der Waals surface area contributed by atoms with Gasteiger partial charge in [0.15, 0.2) is 5.13 Å². The molecule has 0 spiro atoms. The molecule has 0 saturated heterocycles. The van der Waals surface area contributed by atoms with Crippen LogP contribution in [0.5, 0.6) is 0 Å². The summed E-state index contributed by atoms with van der Waals surface area (Å²) in [5, 5.41) is 13.2. The number of hydrogen-bond donors (Lipinski definition) is 1. The highest BCUT2D eigenvalue weighted by molar-refractivity contribution is 7.98. The number of nitriles is 1. The number of rotatable bonds is 3. The van der Waals surface area contributed by atoms with E-state index in [4.69, 9.17) is 5.26 Å². The number of para-hydroxylation sites is 2. The van der Waals surface area contributed by atoms with E-state index in [1.165, 1.54) is 4.90 Å². The molecule has 1 aromatic heterocycles. The Morgan fingerprint density at radius 1 is 1.20 bits per heavy atom. The summed E-state index contributed by atoms with van der Waals surface area (Å²) >= 11 is 3.29. The number of thioether (sulfide) groups is 1. The highest BCUT2D eigenvalue weighted by atomic mass is 32.2. The minimum absolute atomic E-state index is 0.622. The molecule has 0 aliphatic carbocycles. The summed E-state index contributed by atoms with van der Waals surface area (Å²) in [5.74, 6) is 0. The molecule has 0 amide bonds. The molecule has 98 valence electrons. The largest absolute Gasteiger partial charge is 0.330 e. The van der Waals surface area contributed by atoms with Gasteiger partial charge in [0.1, 0.15) is 6.07 Å². The monoisotopic (exact) mass is 297 g/mol. The maximum Gasteiger partial charge on any atom is 0.188 e. The Morgan fingerprint density at radius 2 is 2.05 bits per heavy atom. The van der Waals surface area contributed by atoms with E-state index in [1.807, 2.05) is 30.5 Å². The number of fused-ring (bicyclic) bond motifs is 1. The van der Waals surface area contributed by atoms with E-state index in [0.717, 1.165) is 21.0 Å². The lowest BCUT2D eigenvalue weighted by atomic mass is 10.2. The van der Waals surface area contributed by atoms with Gasteiger partial charge in [0.2, 0.25) is 0 Å². The van der Waals surface area contributed by atoms with Crippen LogP contribution in [0.1, 0.15) is 5.56 Å². The highest BCUT2D eigenvalue weighted by Gasteiger charge is 2.09. The second-order valence-corrected chi connectivity index (χ2v) is 5.99. The van der Waals surface area contributed by atoms with Crippen LogP contribution in [-0.2, 0) is 0 Å². The number of nitrogens with one attached hydrogen (secondary N) is 1. The first-order chi connectivity index (χ1) is 9.81. The van der Waals surface area contributed by atoms with Crippen molar-refractivity contribution in [2.24, 2.45) is 0 Å². The summed E-state index contributed by atoms with van der Waals surface area (Å²) < 4.78 is 1.15. The van der Waals surface area contributed by atoms with E-state index in [0.29, 0.717) is 5.56 Å². The van der Waals surface area contributed by atoms with E-state index in [1.54, 1.807) is 29.2 Å². The standard InChI is InChI=1S/C15H11N3S2/c1-19-12-7-4-8-13-14(12)18-15(20-13)17-11-6-3-2-5-10(11)9-16/h2-8H,1H3,(H,17,18). The molecule has 0 radical (unpaired) electrons. The number of hydrogen-bond acceptors (Lipinski definition) is 5. The topological polar surface area (TPSA) is 48.7 Å². The van der Waals surface area contributed by atoms with Gasteiger partial charge in [-0.15, -0.1) is 11.8 Å². The predicted octanol–water partition coefficient (Wildman–Crippen LogP) is 4.63. The molecule has 3 rings (SSSR count). The Kier molecular flexibility index (Phi) is 3.59. The Bertz CT molecular complexity index is 802. The van der Waals surface area contributed by atoms with Crippen molar-refractivity contribution >= 4 is 44.1 Å². The van der Waals surface area contributed by atoms with Gasteiger partial charge in [-0.05, 0) is 30.5 Å². The smallest absolute Gasteiger partial charge is 0.188 e. The molecule has 0 unspecified atom stereocenters. The number of anilines is 2. The zero-order valence-electron chi connectivity index (χ0n) is 10.8. The third kappa shape index (κ3) is 2.36. The normalized spacial score (nSPS) is 10.4. The van der Waals surface area contributed by atoms with Crippen molar-refractivity contribution in [3.05, 3.63) is 48.0 Å². The first kappa shape index (κ1) is 13.0. The molecule has 3 nitrogen and oxygen atoms in total. The van der Waals surface area contributed by atoms with Crippen LogP contribution in [0.3, 0.4) is 0 Å². The lowest BCUT2D eigenvalue weighted by molar-refractivity contribution is 1.38. The molecule has 0 aliphatic rings. The van der Waals surface area contributed by atoms with Crippen LogP contribution < -0.4 is 5.32 Å². The molecule has 1 heterocycles. The minimum atomic E-state index is 0.622. The van der Waals surface area contributed by atoms with E-state index < -0.39 is 0 Å². The summed E-state index contributed by atoms with van der Waals surface area (Å²) in [6, 6.07) is 15.8. The van der Waals surface area contributed by atoms with Gasteiger partial charge in [0, 0.05) is 4.90 Å². The summed E-state index contributed by atoms with van der Waals surface area (Å²) in [6.07, 6.45) is 2.05. The molecule has 0 fully saturated rings. The van der Waals surface area contributed by atoms with Crippen LogP contribution in [0, 0.1) is 11.3 Å². The van der Waals surface area contributed by atoms with Crippen molar-refractivity contribution in [3.63, 3.8) is 0 Å². The van der Waals surface area contributed by atoms with Crippen molar-refractivity contribution < 1.29 is 0 Å². The summed E-state index contributed by atoms with van der Waals surface area (Å²) in [6.45, 7) is 0. The first-order valence-corrected chi connectivity index (χ1v) is 8.05. The SMILES string of the molecule is CSc1cccc2sc(Nc3ccccc3C#N)nc12. The maximum atomic E-state index is 9.11. The van der Waals surface area contributed by atoms with Gasteiger partial charge in [-0.1, -0.05) is 29.5 Å². The summed E-state index contributed by atoms with van der Waals surface area (Å²) in [5.41, 5.74) is 2.43. The molecular weight excluding hydrogens is 286 g/mol. The number of nitrogens with zero attached hydrogens (tertiary/aromatic N) is 2. The van der Waals surface area contributed by atoms with E-state index in [9.17, 15) is 0 Å². The molecule has 0 aliphatic heterocycles. The van der Waals surface area contributed by atoms with Crippen LogP contribution in [0.2, 0.25) is 0 Å². The Labute approximate surface area is 125 Å². The van der Waals surface area contributed by atoms with Gasteiger partial charge >= 0.3 is 0 Å². The number of thiazole rings is 1. The molecule has 20 heavy (non-hydrogen) atoms. The van der Waals surface area contributed by atoms with Crippen LogP contribution in [0.25, 0.3) is 10.2 Å². The molecule has 2 aromatic carbocycles. The van der Waals surface area contributed by atoms with E-state index in [-0.39, 0.29) is 0 Å². The molecule has 5 heteroatoms. The van der Waals surface area contributed by atoms with E-state index in [2.05, 4.69) is 28.5 Å². The van der Waals surface area contributed by atoms with Crippen molar-refractivity contribution in [1.29, 1.82) is 5.26 Å². The van der Waals surface area contributed by atoms with Crippen molar-refractivity contribution in [1.82, 2.24) is 4.98 Å². The van der Waals surface area contributed by atoms with Crippen LogP contribution in [-0.4, -0.2) is 11.2 Å². The zero-order valence-corrected chi connectivity index (χ0v) is 12.4. The predicted molar refractivity (Wildman–Crippen MR) is 85.8 cm³/mol. The molecule has 0 atom stereocenters. The fraction of sp³-hybridized carbons (Fsp3) is 0.0667. The van der Waals surface area contributed by atoms with Gasteiger partial charge in [-0.25, -0.2) is 4.98 Å². The molecule has 0 bridgehead atoms. The summed E-state index contributed by atoms with van der Waals surface area (Å²) in [7, 11) is 0. The third-order valence-electron chi connectivity index (χ3n) is 2.89. The second-order valence-electron chi connectivity index (χ2n) is 4.11. The lowest BCUT2D eigenvalue weighted by Gasteiger charge is -2.03. The third-order valence-corrected chi connectivity index (χ3v) is 4.60. The van der Waals surface area contributed by atoms with Gasteiger partial charge in [0.05, 0.1) is 21.5 Å². The molecule has 1 N–H and O–H groups in total. The van der Waals surface area contributed by atoms with Gasteiger partial charge in [0.25, 0.3) is 0 Å². The minimum Gasteiger partial charge on any atom is -0.330 e. The van der Waals surface area contributed by atoms with Crippen molar-refractivity contribution in [2.75, 3.05) is 11.6 Å². The number of aromatic nitrogens is 1. The first-order valence-electron chi connectivity index (χ1n) is 6.01. The average molecular weight is 297 g/mol. The van der Waals surface area contributed by atoms with Crippen LogP contribution in [0.15, 0.2) is 47.4 Å². The maximum absolute atomic E-state index is 9.11. The van der Waals surface area contributed by atoms with Gasteiger partial charge in [-0.2, -0.15) is 5.26 Å². The van der Waals surface area contributed by atoms with Gasteiger partial charge in [-0.3, -0.25) is 0 Å². The van der Waals surface area contributed by atoms with Crippen molar-refractivity contribution in [2.45, 2.75) is 4.90 Å².